The number of amides is 1. The lowest BCUT2D eigenvalue weighted by Gasteiger charge is -2.42. The van der Waals surface area contributed by atoms with Gasteiger partial charge in [-0.05, 0) is 31.4 Å². The topological polar surface area (TPSA) is 74.7 Å². The first kappa shape index (κ1) is 17.4. The molecule has 1 aromatic heterocycles. The van der Waals surface area contributed by atoms with E-state index in [1.54, 1.807) is 6.07 Å². The number of aliphatic hydroxyl groups excluding tert-OH is 1. The van der Waals surface area contributed by atoms with Crippen LogP contribution in [0.2, 0.25) is 0 Å². The van der Waals surface area contributed by atoms with Crippen LogP contribution in [0.15, 0.2) is 36.4 Å². The third kappa shape index (κ3) is 3.58. The molecule has 6 heteroatoms. The van der Waals surface area contributed by atoms with Crippen LogP contribution >= 0.6 is 0 Å². The minimum atomic E-state index is -0.564. The number of hydrogen-bond acceptors (Lipinski definition) is 5. The van der Waals surface area contributed by atoms with Crippen LogP contribution in [0.3, 0.4) is 0 Å². The summed E-state index contributed by atoms with van der Waals surface area (Å²) in [6.45, 7) is 3.10. The van der Waals surface area contributed by atoms with Crippen LogP contribution in [0.5, 0.6) is 0 Å². The highest BCUT2D eigenvalue weighted by molar-refractivity contribution is 5.95. The van der Waals surface area contributed by atoms with E-state index in [1.165, 1.54) is 0 Å². The number of rotatable bonds is 3. The van der Waals surface area contributed by atoms with Gasteiger partial charge in [0.05, 0.1) is 30.9 Å². The monoisotopic (exact) mass is 355 g/mol. The maximum Gasteiger partial charge on any atom is 0.270 e. The molecule has 26 heavy (non-hydrogen) atoms. The summed E-state index contributed by atoms with van der Waals surface area (Å²) in [6, 6.07) is 11.2. The van der Waals surface area contributed by atoms with Crippen LogP contribution in [0, 0.1) is 0 Å². The molecule has 1 saturated carbocycles. The summed E-state index contributed by atoms with van der Waals surface area (Å²) in [5.74, 6) is -0.220. The number of morpholine rings is 1. The summed E-state index contributed by atoms with van der Waals surface area (Å²) < 4.78 is 5.41. The first-order valence-corrected chi connectivity index (χ1v) is 9.39. The van der Waals surface area contributed by atoms with Crippen molar-refractivity contribution in [1.29, 1.82) is 0 Å². The molecule has 1 amide bonds. The number of pyridine rings is 1. The van der Waals surface area contributed by atoms with Gasteiger partial charge in [0.25, 0.3) is 5.91 Å². The highest BCUT2D eigenvalue weighted by Gasteiger charge is 2.36. The fourth-order valence-corrected chi connectivity index (χ4v) is 4.06. The Morgan fingerprint density at radius 2 is 1.96 bits per heavy atom. The van der Waals surface area contributed by atoms with E-state index < -0.39 is 6.10 Å². The number of aromatic nitrogens is 1. The molecule has 138 valence electrons. The molecule has 1 aliphatic heterocycles. The highest BCUT2D eigenvalue weighted by atomic mass is 16.5. The summed E-state index contributed by atoms with van der Waals surface area (Å²) in [4.78, 5) is 19.4. The molecule has 0 spiro atoms. The third-order valence-corrected chi connectivity index (χ3v) is 5.48. The summed E-state index contributed by atoms with van der Waals surface area (Å²) >= 11 is 0. The molecule has 3 atom stereocenters. The Balaban J connectivity index is 1.45. The van der Waals surface area contributed by atoms with Crippen molar-refractivity contribution in [3.8, 4) is 0 Å². The van der Waals surface area contributed by atoms with Gasteiger partial charge in [-0.25, -0.2) is 4.98 Å². The Labute approximate surface area is 153 Å². The number of nitrogens with one attached hydrogen (secondary N) is 1. The van der Waals surface area contributed by atoms with Crippen molar-refractivity contribution >= 4 is 16.8 Å². The highest BCUT2D eigenvalue weighted by Crippen LogP contribution is 2.25. The zero-order valence-corrected chi connectivity index (χ0v) is 14.8. The van der Waals surface area contributed by atoms with Gasteiger partial charge in [-0.1, -0.05) is 24.3 Å². The van der Waals surface area contributed by atoms with Gasteiger partial charge in [0.1, 0.15) is 5.69 Å². The number of aliphatic hydroxyl groups is 1. The first-order valence-electron chi connectivity index (χ1n) is 9.39. The second-order valence-electron chi connectivity index (χ2n) is 7.11. The molecule has 2 aliphatic rings. The van der Waals surface area contributed by atoms with E-state index in [4.69, 9.17) is 4.74 Å². The smallest absolute Gasteiger partial charge is 0.270 e. The number of carbonyl (C=O) groups excluding carboxylic acids is 1. The molecule has 0 bridgehead atoms. The largest absolute Gasteiger partial charge is 0.389 e. The predicted octanol–water partition coefficient (Wildman–Crippen LogP) is 1.58. The van der Waals surface area contributed by atoms with E-state index >= 15 is 0 Å². The van der Waals surface area contributed by atoms with Crippen molar-refractivity contribution in [3.05, 3.63) is 42.1 Å². The van der Waals surface area contributed by atoms with E-state index in [9.17, 15) is 9.90 Å². The molecule has 2 aromatic rings. The number of ether oxygens (including phenoxy) is 1. The quantitative estimate of drug-likeness (QED) is 0.874. The zero-order chi connectivity index (χ0) is 17.9. The van der Waals surface area contributed by atoms with Gasteiger partial charge in [-0.3, -0.25) is 9.69 Å². The summed E-state index contributed by atoms with van der Waals surface area (Å²) in [5.41, 5.74) is 1.19. The van der Waals surface area contributed by atoms with Gasteiger partial charge < -0.3 is 15.2 Å². The Kier molecular flexibility index (Phi) is 5.15. The molecular formula is C20H25N3O3. The van der Waals surface area contributed by atoms with Crippen LogP contribution < -0.4 is 5.32 Å². The molecule has 0 unspecified atom stereocenters. The van der Waals surface area contributed by atoms with Crippen LogP contribution in [0.1, 0.15) is 29.8 Å². The van der Waals surface area contributed by atoms with Crippen molar-refractivity contribution in [1.82, 2.24) is 15.2 Å². The van der Waals surface area contributed by atoms with Crippen molar-refractivity contribution in [3.63, 3.8) is 0 Å². The summed E-state index contributed by atoms with van der Waals surface area (Å²) in [5, 5.41) is 14.8. The minimum Gasteiger partial charge on any atom is -0.389 e. The van der Waals surface area contributed by atoms with Gasteiger partial charge in [0, 0.05) is 24.5 Å². The van der Waals surface area contributed by atoms with E-state index in [0.29, 0.717) is 18.9 Å². The molecule has 0 radical (unpaired) electrons. The molecule has 4 rings (SSSR count). The van der Waals surface area contributed by atoms with Crippen LogP contribution in [0.25, 0.3) is 10.9 Å². The Morgan fingerprint density at radius 3 is 2.81 bits per heavy atom. The zero-order valence-electron chi connectivity index (χ0n) is 14.8. The van der Waals surface area contributed by atoms with E-state index in [1.807, 2.05) is 30.3 Å². The standard InChI is InChI=1S/C20H25N3O3/c24-19-16(6-3-7-18(19)23-10-12-26-13-11-23)22-20(25)17-9-8-14-4-1-2-5-15(14)21-17/h1-2,4-5,8-9,16,18-19,24H,3,6-7,10-13H2,(H,22,25)/t16-,18-,19-/m1/s1. The maximum atomic E-state index is 12.7. The van der Waals surface area contributed by atoms with Gasteiger partial charge >= 0.3 is 0 Å². The number of hydrogen-bond donors (Lipinski definition) is 2. The Morgan fingerprint density at radius 1 is 1.15 bits per heavy atom. The lowest BCUT2D eigenvalue weighted by atomic mass is 9.86. The number of benzene rings is 1. The Hall–Kier alpha value is -2.02. The fourth-order valence-electron chi connectivity index (χ4n) is 4.06. The second-order valence-corrected chi connectivity index (χ2v) is 7.11. The number of fused-ring (bicyclic) bond motifs is 1. The molecule has 2 heterocycles. The van der Waals surface area contributed by atoms with E-state index in [2.05, 4.69) is 15.2 Å². The lowest BCUT2D eigenvalue weighted by molar-refractivity contribution is -0.0459. The molecular weight excluding hydrogens is 330 g/mol. The van der Waals surface area contributed by atoms with Gasteiger partial charge in [-0.2, -0.15) is 0 Å². The molecule has 2 N–H and O–H groups in total. The van der Waals surface area contributed by atoms with E-state index in [0.717, 1.165) is 43.3 Å². The summed E-state index contributed by atoms with van der Waals surface area (Å²) in [7, 11) is 0. The van der Waals surface area contributed by atoms with E-state index in [-0.39, 0.29) is 18.0 Å². The van der Waals surface area contributed by atoms with Crippen molar-refractivity contribution in [2.75, 3.05) is 26.3 Å². The maximum absolute atomic E-state index is 12.7. The molecule has 1 aromatic carbocycles. The Bertz CT molecular complexity index is 776. The van der Waals surface area contributed by atoms with Gasteiger partial charge in [0.2, 0.25) is 0 Å². The molecule has 2 fully saturated rings. The number of para-hydroxylation sites is 1. The average Bonchev–Trinajstić information content (AvgIpc) is 2.70. The van der Waals surface area contributed by atoms with Crippen molar-refractivity contribution < 1.29 is 14.6 Å². The first-order chi connectivity index (χ1) is 12.7. The predicted molar refractivity (Wildman–Crippen MR) is 99.0 cm³/mol. The average molecular weight is 355 g/mol. The van der Waals surface area contributed by atoms with Gasteiger partial charge in [-0.15, -0.1) is 0 Å². The lowest BCUT2D eigenvalue weighted by Crippen LogP contribution is -2.58. The number of nitrogens with zero attached hydrogens (tertiary/aromatic N) is 2. The van der Waals surface area contributed by atoms with Crippen LogP contribution in [-0.2, 0) is 4.74 Å². The summed E-state index contributed by atoms with van der Waals surface area (Å²) in [6.07, 6.45) is 2.18. The molecule has 1 aliphatic carbocycles. The molecule has 6 nitrogen and oxygen atoms in total. The number of carbonyl (C=O) groups is 1. The van der Waals surface area contributed by atoms with Crippen molar-refractivity contribution in [2.45, 2.75) is 37.5 Å². The third-order valence-electron chi connectivity index (χ3n) is 5.48. The second kappa shape index (κ2) is 7.70. The normalized spacial score (nSPS) is 27.3. The molecule has 1 saturated heterocycles. The van der Waals surface area contributed by atoms with Crippen LogP contribution in [-0.4, -0.2) is 65.4 Å². The van der Waals surface area contributed by atoms with Gasteiger partial charge in [0.15, 0.2) is 0 Å². The van der Waals surface area contributed by atoms with Crippen LogP contribution in [0.4, 0.5) is 0 Å². The van der Waals surface area contributed by atoms with Crippen molar-refractivity contribution in [2.24, 2.45) is 0 Å². The minimum absolute atomic E-state index is 0.0857. The fraction of sp³-hybridized carbons (Fsp3) is 0.500. The SMILES string of the molecule is O=C(N[C@@H]1CCC[C@@H](N2CCOCC2)[C@@H]1O)c1ccc2ccccc2n1.